The zero-order valence-electron chi connectivity index (χ0n) is 14.6. The maximum atomic E-state index is 10.5. The molecule has 0 unspecified atom stereocenters. The summed E-state index contributed by atoms with van der Waals surface area (Å²) in [5, 5.41) is 15.4. The Morgan fingerprint density at radius 1 is 1.04 bits per heavy atom. The van der Waals surface area contributed by atoms with Crippen molar-refractivity contribution in [3.8, 4) is 11.6 Å². The van der Waals surface area contributed by atoms with Gasteiger partial charge in [0.05, 0.1) is 22.8 Å². The van der Waals surface area contributed by atoms with Crippen LogP contribution in [0, 0.1) is 0 Å². The van der Waals surface area contributed by atoms with Crippen molar-refractivity contribution in [3.63, 3.8) is 0 Å². The number of aryl methyl sites for hydroxylation is 1. The van der Waals surface area contributed by atoms with E-state index in [1.54, 1.807) is 17.0 Å². The number of hydrogen-bond acceptors (Lipinski definition) is 6. The SMILES string of the molecule is CCN1CCN(c2ncc3c(O)n(-c4cnn(CC)c4)cc3n2)CC1. The molecule has 0 spiro atoms. The highest BCUT2D eigenvalue weighted by atomic mass is 16.3. The lowest BCUT2D eigenvalue weighted by Crippen LogP contribution is -2.46. The fourth-order valence-electron chi connectivity index (χ4n) is 3.23. The van der Waals surface area contributed by atoms with Crippen LogP contribution in [0.15, 0.2) is 24.8 Å². The quantitative estimate of drug-likeness (QED) is 0.775. The van der Waals surface area contributed by atoms with Crippen molar-refractivity contribution in [3.05, 3.63) is 24.8 Å². The Labute approximate surface area is 146 Å². The second kappa shape index (κ2) is 6.36. The Balaban J connectivity index is 1.65. The van der Waals surface area contributed by atoms with Crippen LogP contribution in [0.3, 0.4) is 0 Å². The van der Waals surface area contributed by atoms with E-state index in [1.165, 1.54) is 0 Å². The molecule has 0 saturated carbocycles. The summed E-state index contributed by atoms with van der Waals surface area (Å²) in [6, 6.07) is 0. The van der Waals surface area contributed by atoms with Crippen LogP contribution in [-0.4, -0.2) is 67.0 Å². The molecule has 0 atom stereocenters. The summed E-state index contributed by atoms with van der Waals surface area (Å²) < 4.78 is 3.53. The number of aromatic nitrogens is 5. The van der Waals surface area contributed by atoms with Gasteiger partial charge in [0.15, 0.2) is 0 Å². The van der Waals surface area contributed by atoms with E-state index in [0.717, 1.165) is 56.4 Å². The van der Waals surface area contributed by atoms with Gasteiger partial charge in [0, 0.05) is 51.3 Å². The van der Waals surface area contributed by atoms with E-state index in [4.69, 9.17) is 0 Å². The van der Waals surface area contributed by atoms with Gasteiger partial charge >= 0.3 is 0 Å². The van der Waals surface area contributed by atoms with Crippen LogP contribution in [0.25, 0.3) is 16.6 Å². The maximum Gasteiger partial charge on any atom is 0.226 e. The molecule has 1 saturated heterocycles. The average Bonchev–Trinajstić information content (AvgIpc) is 3.26. The van der Waals surface area contributed by atoms with Gasteiger partial charge in [0.2, 0.25) is 11.8 Å². The van der Waals surface area contributed by atoms with Crippen LogP contribution >= 0.6 is 0 Å². The third-order valence-corrected chi connectivity index (χ3v) is 4.85. The Kier molecular flexibility index (Phi) is 4.04. The first-order chi connectivity index (χ1) is 12.2. The van der Waals surface area contributed by atoms with Crippen molar-refractivity contribution < 1.29 is 5.11 Å². The predicted octanol–water partition coefficient (Wildman–Crippen LogP) is 1.48. The zero-order chi connectivity index (χ0) is 17.4. The van der Waals surface area contributed by atoms with Crippen molar-refractivity contribution in [2.45, 2.75) is 20.4 Å². The number of hydrogen-bond donors (Lipinski definition) is 1. The Hall–Kier alpha value is -2.61. The summed E-state index contributed by atoms with van der Waals surface area (Å²) in [4.78, 5) is 13.8. The molecule has 1 aliphatic heterocycles. The van der Waals surface area contributed by atoms with Gasteiger partial charge < -0.3 is 14.9 Å². The van der Waals surface area contributed by atoms with Gasteiger partial charge in [0.1, 0.15) is 0 Å². The van der Waals surface area contributed by atoms with Crippen LogP contribution in [0.1, 0.15) is 13.8 Å². The van der Waals surface area contributed by atoms with Gasteiger partial charge in [-0.15, -0.1) is 0 Å². The van der Waals surface area contributed by atoms with Gasteiger partial charge in [-0.3, -0.25) is 9.25 Å². The van der Waals surface area contributed by atoms with Crippen LogP contribution in [-0.2, 0) is 6.54 Å². The van der Waals surface area contributed by atoms with E-state index in [1.807, 2.05) is 24.0 Å². The molecule has 1 aliphatic rings. The van der Waals surface area contributed by atoms with E-state index >= 15 is 0 Å². The lowest BCUT2D eigenvalue weighted by atomic mass is 10.3. The zero-order valence-corrected chi connectivity index (χ0v) is 14.6. The van der Waals surface area contributed by atoms with Gasteiger partial charge in [-0.05, 0) is 13.5 Å². The van der Waals surface area contributed by atoms with Gasteiger partial charge in [-0.2, -0.15) is 5.10 Å². The molecule has 0 bridgehead atoms. The summed E-state index contributed by atoms with van der Waals surface area (Å²) in [6.45, 7) is 9.99. The fourth-order valence-corrected chi connectivity index (χ4v) is 3.23. The normalized spacial score (nSPS) is 16.0. The minimum Gasteiger partial charge on any atom is -0.494 e. The monoisotopic (exact) mass is 341 g/mol. The molecular formula is C17H23N7O. The minimum absolute atomic E-state index is 0.146. The summed E-state index contributed by atoms with van der Waals surface area (Å²) in [5.74, 6) is 0.873. The highest BCUT2D eigenvalue weighted by molar-refractivity contribution is 5.85. The fraction of sp³-hybridized carbons (Fsp3) is 0.471. The molecule has 1 fully saturated rings. The summed E-state index contributed by atoms with van der Waals surface area (Å²) in [6.07, 6.45) is 7.19. The smallest absolute Gasteiger partial charge is 0.226 e. The molecule has 4 rings (SSSR count). The van der Waals surface area contributed by atoms with Crippen LogP contribution < -0.4 is 4.90 Å². The first-order valence-electron chi connectivity index (χ1n) is 8.76. The molecule has 0 radical (unpaired) electrons. The number of piperazine rings is 1. The Morgan fingerprint density at radius 2 is 1.84 bits per heavy atom. The number of fused-ring (bicyclic) bond motifs is 1. The van der Waals surface area contributed by atoms with E-state index in [9.17, 15) is 5.11 Å². The third-order valence-electron chi connectivity index (χ3n) is 4.85. The summed E-state index contributed by atoms with van der Waals surface area (Å²) in [5.41, 5.74) is 1.56. The van der Waals surface area contributed by atoms with Crippen molar-refractivity contribution in [2.24, 2.45) is 0 Å². The van der Waals surface area contributed by atoms with Crippen molar-refractivity contribution in [1.82, 2.24) is 29.2 Å². The molecule has 4 heterocycles. The Bertz CT molecular complexity index is 876. The topological polar surface area (TPSA) is 75.2 Å². The van der Waals surface area contributed by atoms with Crippen molar-refractivity contribution in [1.29, 1.82) is 0 Å². The maximum absolute atomic E-state index is 10.5. The van der Waals surface area contributed by atoms with E-state index in [0.29, 0.717) is 5.39 Å². The second-order valence-electron chi connectivity index (χ2n) is 6.27. The average molecular weight is 341 g/mol. The van der Waals surface area contributed by atoms with E-state index in [2.05, 4.69) is 31.8 Å². The number of likely N-dealkylation sites (N-methyl/N-ethyl adjacent to an activating group) is 1. The standard InChI is InChI=1S/C17H23N7O/c1-3-21-5-7-22(8-6-21)17-18-10-14-15(20-17)12-24(16(14)25)13-9-19-23(4-2)11-13/h9-12,25H,3-8H2,1-2H3. The third kappa shape index (κ3) is 2.82. The molecule has 25 heavy (non-hydrogen) atoms. The first-order valence-corrected chi connectivity index (χ1v) is 8.76. The molecule has 0 amide bonds. The minimum atomic E-state index is 0.146. The molecular weight excluding hydrogens is 318 g/mol. The number of anilines is 1. The predicted molar refractivity (Wildman–Crippen MR) is 96.3 cm³/mol. The van der Waals surface area contributed by atoms with Crippen LogP contribution in [0.5, 0.6) is 5.88 Å². The molecule has 3 aromatic rings. The molecule has 132 valence electrons. The lowest BCUT2D eigenvalue weighted by Gasteiger charge is -2.33. The highest BCUT2D eigenvalue weighted by Crippen LogP contribution is 2.29. The molecule has 0 aliphatic carbocycles. The number of nitrogens with zero attached hydrogens (tertiary/aromatic N) is 7. The van der Waals surface area contributed by atoms with Gasteiger partial charge in [0.25, 0.3) is 0 Å². The second-order valence-corrected chi connectivity index (χ2v) is 6.27. The van der Waals surface area contributed by atoms with Gasteiger partial charge in [-0.1, -0.05) is 6.92 Å². The number of aromatic hydroxyl groups is 1. The Morgan fingerprint density at radius 3 is 2.52 bits per heavy atom. The van der Waals surface area contributed by atoms with Crippen LogP contribution in [0.4, 0.5) is 5.95 Å². The first kappa shape index (κ1) is 15.9. The van der Waals surface area contributed by atoms with E-state index < -0.39 is 0 Å². The largest absolute Gasteiger partial charge is 0.494 e. The lowest BCUT2D eigenvalue weighted by molar-refractivity contribution is 0.270. The van der Waals surface area contributed by atoms with Crippen molar-refractivity contribution in [2.75, 3.05) is 37.6 Å². The molecule has 3 aromatic heterocycles. The highest BCUT2D eigenvalue weighted by Gasteiger charge is 2.20. The summed E-state index contributed by atoms with van der Waals surface area (Å²) >= 11 is 0. The van der Waals surface area contributed by atoms with Crippen molar-refractivity contribution >= 4 is 16.9 Å². The van der Waals surface area contributed by atoms with E-state index in [-0.39, 0.29) is 5.88 Å². The van der Waals surface area contributed by atoms with Crippen LogP contribution in [0.2, 0.25) is 0 Å². The molecule has 0 aromatic carbocycles. The molecule has 1 N–H and O–H groups in total. The molecule has 8 nitrogen and oxygen atoms in total. The molecule has 8 heteroatoms. The number of rotatable bonds is 4. The summed E-state index contributed by atoms with van der Waals surface area (Å²) in [7, 11) is 0. The van der Waals surface area contributed by atoms with Gasteiger partial charge in [-0.25, -0.2) is 9.97 Å².